The molecule has 2 heterocycles. The lowest BCUT2D eigenvalue weighted by atomic mass is 10.1. The van der Waals surface area contributed by atoms with Crippen molar-refractivity contribution in [1.82, 2.24) is 9.88 Å². The summed E-state index contributed by atoms with van der Waals surface area (Å²) in [5, 5.41) is 3.36. The molecule has 3 rings (SSSR count). The molecule has 1 aromatic heterocycles. The Labute approximate surface area is 143 Å². The second-order valence-corrected chi connectivity index (χ2v) is 6.61. The zero-order chi connectivity index (χ0) is 17.1. The largest absolute Gasteiger partial charge is 0.497 e. The summed E-state index contributed by atoms with van der Waals surface area (Å²) in [6, 6.07) is 5.57. The zero-order valence-corrected chi connectivity index (χ0v) is 14.4. The molecule has 8 heteroatoms. The minimum absolute atomic E-state index is 0.0127. The number of thiazole rings is 1. The molecule has 7 nitrogen and oxygen atoms in total. The van der Waals surface area contributed by atoms with Crippen LogP contribution in [0.15, 0.2) is 18.2 Å². The molecule has 1 aromatic carbocycles. The number of rotatable bonds is 6. The summed E-state index contributed by atoms with van der Waals surface area (Å²) in [7, 11) is 3.20. The molecule has 2 amide bonds. The van der Waals surface area contributed by atoms with Crippen molar-refractivity contribution in [3.63, 3.8) is 0 Å². The average molecular weight is 349 g/mol. The van der Waals surface area contributed by atoms with E-state index < -0.39 is 0 Å². The predicted molar refractivity (Wildman–Crippen MR) is 91.4 cm³/mol. The number of fused-ring (bicyclic) bond motifs is 1. The third-order valence-electron chi connectivity index (χ3n) is 3.98. The molecule has 0 aliphatic carbocycles. The van der Waals surface area contributed by atoms with Crippen molar-refractivity contribution < 1.29 is 19.1 Å². The molecular weight excluding hydrogens is 330 g/mol. The third kappa shape index (κ3) is 3.49. The number of nitrogens with zero attached hydrogens (tertiary/aromatic N) is 2. The summed E-state index contributed by atoms with van der Waals surface area (Å²) in [5.74, 6) is 0.214. The average Bonchev–Trinajstić information content (AvgIpc) is 3.14. The van der Waals surface area contributed by atoms with Crippen molar-refractivity contribution in [3.05, 3.63) is 18.2 Å². The van der Waals surface area contributed by atoms with E-state index in [1.807, 2.05) is 18.2 Å². The highest BCUT2D eigenvalue weighted by molar-refractivity contribution is 7.22. The molecule has 1 saturated heterocycles. The van der Waals surface area contributed by atoms with E-state index in [1.54, 1.807) is 19.1 Å². The molecule has 128 valence electrons. The molecule has 24 heavy (non-hydrogen) atoms. The summed E-state index contributed by atoms with van der Waals surface area (Å²) < 4.78 is 11.1. The third-order valence-corrected chi connectivity index (χ3v) is 4.91. The van der Waals surface area contributed by atoms with E-state index in [4.69, 9.17) is 9.47 Å². The zero-order valence-electron chi connectivity index (χ0n) is 13.6. The number of aromatic nitrogens is 1. The van der Waals surface area contributed by atoms with Crippen molar-refractivity contribution in [3.8, 4) is 5.75 Å². The first kappa shape index (κ1) is 16.7. The second kappa shape index (κ2) is 7.14. The lowest BCUT2D eigenvalue weighted by Gasteiger charge is -2.15. The number of carbonyl (C=O) groups is 2. The summed E-state index contributed by atoms with van der Waals surface area (Å²) in [6.45, 7) is 1.41. The number of hydrogen-bond acceptors (Lipinski definition) is 6. The maximum absolute atomic E-state index is 12.4. The number of likely N-dealkylation sites (tertiary alicyclic amines) is 1. The second-order valence-electron chi connectivity index (χ2n) is 5.58. The molecular formula is C16H19N3O4S. The van der Waals surface area contributed by atoms with Crippen LogP contribution in [0.2, 0.25) is 0 Å². The van der Waals surface area contributed by atoms with Gasteiger partial charge in [0.25, 0.3) is 0 Å². The van der Waals surface area contributed by atoms with Crippen LogP contribution in [-0.4, -0.2) is 55.6 Å². The molecule has 2 aromatic rings. The SMILES string of the molecule is COCCN1CC(C(=O)Nc2nc3ccc(OC)cc3s2)CC1=O. The van der Waals surface area contributed by atoms with Gasteiger partial charge in [-0.2, -0.15) is 0 Å². The number of hydrogen-bond donors (Lipinski definition) is 1. The number of amides is 2. The molecule has 0 radical (unpaired) electrons. The first-order valence-electron chi connectivity index (χ1n) is 7.63. The predicted octanol–water partition coefficient (Wildman–Crippen LogP) is 1.74. The first-order chi connectivity index (χ1) is 11.6. The van der Waals surface area contributed by atoms with Gasteiger partial charge in [0.2, 0.25) is 11.8 Å². The van der Waals surface area contributed by atoms with Gasteiger partial charge in [-0.1, -0.05) is 11.3 Å². The Morgan fingerprint density at radius 2 is 2.29 bits per heavy atom. The number of nitrogens with one attached hydrogen (secondary N) is 1. The Hall–Kier alpha value is -2.19. The lowest BCUT2D eigenvalue weighted by Crippen LogP contribution is -2.30. The summed E-state index contributed by atoms with van der Waals surface area (Å²) in [6.07, 6.45) is 0.230. The van der Waals surface area contributed by atoms with Gasteiger partial charge in [0.15, 0.2) is 5.13 Å². The standard InChI is InChI=1S/C16H19N3O4S/c1-22-6-5-19-9-10(7-14(19)20)15(21)18-16-17-12-4-3-11(23-2)8-13(12)24-16/h3-4,8,10H,5-7,9H2,1-2H3,(H,17,18,21). The van der Waals surface area contributed by atoms with Crippen molar-refractivity contribution in [1.29, 1.82) is 0 Å². The maximum Gasteiger partial charge on any atom is 0.231 e. The van der Waals surface area contributed by atoms with Gasteiger partial charge in [0.05, 0.1) is 29.9 Å². The number of methoxy groups -OCH3 is 2. The van der Waals surface area contributed by atoms with E-state index >= 15 is 0 Å². The van der Waals surface area contributed by atoms with Gasteiger partial charge in [0, 0.05) is 26.6 Å². The molecule has 1 atom stereocenters. The monoisotopic (exact) mass is 349 g/mol. The van der Waals surface area contributed by atoms with E-state index in [9.17, 15) is 9.59 Å². The molecule has 1 aliphatic heterocycles. The van der Waals surface area contributed by atoms with Crippen LogP contribution in [0.3, 0.4) is 0 Å². The molecule has 1 aliphatic rings. The quantitative estimate of drug-likeness (QED) is 0.859. The summed E-state index contributed by atoms with van der Waals surface area (Å²) in [5.41, 5.74) is 0.806. The van der Waals surface area contributed by atoms with Crippen LogP contribution in [0.5, 0.6) is 5.75 Å². The number of benzene rings is 1. The van der Waals surface area contributed by atoms with Gasteiger partial charge < -0.3 is 19.7 Å². The Bertz CT molecular complexity index is 761. The van der Waals surface area contributed by atoms with Crippen LogP contribution in [0.1, 0.15) is 6.42 Å². The Kier molecular flexibility index (Phi) is 4.96. The van der Waals surface area contributed by atoms with Crippen molar-refractivity contribution >= 4 is 38.5 Å². The van der Waals surface area contributed by atoms with E-state index in [0.29, 0.717) is 24.8 Å². The molecule has 0 bridgehead atoms. The van der Waals surface area contributed by atoms with Gasteiger partial charge in [0.1, 0.15) is 5.75 Å². The van der Waals surface area contributed by atoms with E-state index in [0.717, 1.165) is 16.0 Å². The smallest absolute Gasteiger partial charge is 0.231 e. The Balaban J connectivity index is 1.65. The highest BCUT2D eigenvalue weighted by Crippen LogP contribution is 2.30. The maximum atomic E-state index is 12.4. The minimum atomic E-state index is -0.351. The molecule has 0 spiro atoms. The minimum Gasteiger partial charge on any atom is -0.497 e. The molecule has 0 saturated carbocycles. The van der Waals surface area contributed by atoms with Gasteiger partial charge in [-0.05, 0) is 18.2 Å². The normalized spacial score (nSPS) is 17.5. The van der Waals surface area contributed by atoms with Crippen LogP contribution in [0, 0.1) is 5.92 Å². The van der Waals surface area contributed by atoms with Crippen molar-refractivity contribution in [2.45, 2.75) is 6.42 Å². The van der Waals surface area contributed by atoms with Crippen LogP contribution in [0.25, 0.3) is 10.2 Å². The number of ether oxygens (including phenoxy) is 2. The summed E-state index contributed by atoms with van der Waals surface area (Å²) >= 11 is 1.39. The van der Waals surface area contributed by atoms with Crippen LogP contribution >= 0.6 is 11.3 Å². The van der Waals surface area contributed by atoms with E-state index in [2.05, 4.69) is 10.3 Å². The number of anilines is 1. The Morgan fingerprint density at radius 3 is 3.04 bits per heavy atom. The molecule has 1 unspecified atom stereocenters. The fourth-order valence-electron chi connectivity index (χ4n) is 2.66. The summed E-state index contributed by atoms with van der Waals surface area (Å²) in [4.78, 5) is 30.4. The Morgan fingerprint density at radius 1 is 1.46 bits per heavy atom. The fraction of sp³-hybridized carbons (Fsp3) is 0.438. The van der Waals surface area contributed by atoms with Crippen molar-refractivity contribution in [2.75, 3.05) is 39.2 Å². The molecule has 1 fully saturated rings. The highest BCUT2D eigenvalue weighted by atomic mass is 32.1. The van der Waals surface area contributed by atoms with Crippen LogP contribution in [-0.2, 0) is 14.3 Å². The van der Waals surface area contributed by atoms with Gasteiger partial charge in [-0.25, -0.2) is 4.98 Å². The van der Waals surface area contributed by atoms with Gasteiger partial charge in [-0.3, -0.25) is 9.59 Å². The topological polar surface area (TPSA) is 80.8 Å². The van der Waals surface area contributed by atoms with Gasteiger partial charge in [-0.15, -0.1) is 0 Å². The van der Waals surface area contributed by atoms with Crippen LogP contribution in [0.4, 0.5) is 5.13 Å². The lowest BCUT2D eigenvalue weighted by molar-refractivity contribution is -0.128. The molecule has 1 N–H and O–H groups in total. The fourth-order valence-corrected chi connectivity index (χ4v) is 3.56. The first-order valence-corrected chi connectivity index (χ1v) is 8.44. The van der Waals surface area contributed by atoms with Gasteiger partial charge >= 0.3 is 0 Å². The van der Waals surface area contributed by atoms with Crippen LogP contribution < -0.4 is 10.1 Å². The van der Waals surface area contributed by atoms with E-state index in [1.165, 1.54) is 11.3 Å². The van der Waals surface area contributed by atoms with Crippen molar-refractivity contribution in [2.24, 2.45) is 5.92 Å². The number of carbonyl (C=O) groups excluding carboxylic acids is 2. The van der Waals surface area contributed by atoms with E-state index in [-0.39, 0.29) is 24.2 Å². The highest BCUT2D eigenvalue weighted by Gasteiger charge is 2.34.